The first-order valence-corrected chi connectivity index (χ1v) is 12.0. The fourth-order valence-electron chi connectivity index (χ4n) is 4.45. The van der Waals surface area contributed by atoms with Crippen LogP contribution in [0.15, 0.2) is 47.4 Å². The van der Waals surface area contributed by atoms with Crippen molar-refractivity contribution in [3.05, 3.63) is 70.3 Å². The molecule has 0 unspecified atom stereocenters. The minimum Gasteiger partial charge on any atom is -0.282 e. The Kier molecular flexibility index (Phi) is 4.92. The highest BCUT2D eigenvalue weighted by molar-refractivity contribution is 7.89. The van der Waals surface area contributed by atoms with Crippen LogP contribution in [0.1, 0.15) is 41.5 Å². The van der Waals surface area contributed by atoms with Crippen LogP contribution in [0.4, 0.5) is 0 Å². The van der Waals surface area contributed by atoms with E-state index in [4.69, 9.17) is 11.6 Å². The van der Waals surface area contributed by atoms with Crippen molar-refractivity contribution in [3.63, 3.8) is 0 Å². The first-order chi connectivity index (χ1) is 14.4. The largest absolute Gasteiger partial charge is 0.282 e. The maximum Gasteiger partial charge on any atom is 0.243 e. The maximum atomic E-state index is 13.0. The van der Waals surface area contributed by atoms with Crippen molar-refractivity contribution in [2.24, 2.45) is 0 Å². The Morgan fingerprint density at radius 2 is 1.73 bits per heavy atom. The SMILES string of the molecule is Cc1ccc(S(=O)(=O)N2CCC(c3nnc4n3-c3ccc(Cl)cc3CC4)CC2)cc1. The molecule has 0 atom stereocenters. The second kappa shape index (κ2) is 7.48. The zero-order valence-electron chi connectivity index (χ0n) is 16.8. The van der Waals surface area contributed by atoms with Gasteiger partial charge in [0, 0.05) is 30.5 Å². The predicted molar refractivity (Wildman–Crippen MR) is 116 cm³/mol. The summed E-state index contributed by atoms with van der Waals surface area (Å²) in [7, 11) is -3.47. The number of piperidine rings is 1. The molecule has 0 radical (unpaired) electrons. The summed E-state index contributed by atoms with van der Waals surface area (Å²) in [5.41, 5.74) is 3.34. The van der Waals surface area contributed by atoms with Crippen LogP contribution in [-0.2, 0) is 22.9 Å². The second-order valence-corrected chi connectivity index (χ2v) is 10.4. The molecule has 0 bridgehead atoms. The van der Waals surface area contributed by atoms with E-state index in [1.807, 2.05) is 37.3 Å². The highest BCUT2D eigenvalue weighted by atomic mass is 35.5. The number of aromatic nitrogens is 3. The molecular weight excluding hydrogens is 420 g/mol. The summed E-state index contributed by atoms with van der Waals surface area (Å²) in [6, 6.07) is 13.0. The maximum absolute atomic E-state index is 13.0. The van der Waals surface area contributed by atoms with E-state index >= 15 is 0 Å². The molecule has 0 saturated carbocycles. The fraction of sp³-hybridized carbons (Fsp3) is 0.364. The summed E-state index contributed by atoms with van der Waals surface area (Å²) in [6.45, 7) is 2.92. The molecule has 0 aliphatic carbocycles. The van der Waals surface area contributed by atoms with Gasteiger partial charge in [0.05, 0.1) is 10.6 Å². The molecule has 2 aliphatic rings. The molecule has 0 spiro atoms. The number of rotatable bonds is 3. The summed E-state index contributed by atoms with van der Waals surface area (Å²) in [6.07, 6.45) is 3.19. The van der Waals surface area contributed by atoms with E-state index in [0.29, 0.717) is 18.0 Å². The van der Waals surface area contributed by atoms with Crippen LogP contribution >= 0.6 is 11.6 Å². The molecular formula is C22H23ClN4O2S. The molecule has 1 aromatic heterocycles. The van der Waals surface area contributed by atoms with Crippen molar-refractivity contribution < 1.29 is 8.42 Å². The van der Waals surface area contributed by atoms with Gasteiger partial charge < -0.3 is 0 Å². The topological polar surface area (TPSA) is 68.1 Å². The molecule has 5 rings (SSSR count). The summed E-state index contributed by atoms with van der Waals surface area (Å²) < 4.78 is 29.7. The number of aryl methyl sites for hydroxylation is 3. The molecule has 30 heavy (non-hydrogen) atoms. The lowest BCUT2D eigenvalue weighted by Gasteiger charge is -2.31. The van der Waals surface area contributed by atoms with E-state index in [2.05, 4.69) is 14.8 Å². The number of fused-ring (bicyclic) bond motifs is 3. The van der Waals surface area contributed by atoms with Crippen molar-refractivity contribution in [3.8, 4) is 5.69 Å². The van der Waals surface area contributed by atoms with E-state index in [9.17, 15) is 8.42 Å². The van der Waals surface area contributed by atoms with Crippen molar-refractivity contribution in [1.29, 1.82) is 0 Å². The van der Waals surface area contributed by atoms with Crippen LogP contribution in [0.5, 0.6) is 0 Å². The Morgan fingerprint density at radius 1 is 1.00 bits per heavy atom. The van der Waals surface area contributed by atoms with Gasteiger partial charge in [-0.15, -0.1) is 10.2 Å². The number of sulfonamides is 1. The van der Waals surface area contributed by atoms with E-state index in [0.717, 1.165) is 53.6 Å². The third kappa shape index (κ3) is 3.35. The molecule has 8 heteroatoms. The van der Waals surface area contributed by atoms with Gasteiger partial charge in [-0.2, -0.15) is 4.31 Å². The minimum atomic E-state index is -3.47. The van der Waals surface area contributed by atoms with E-state index in [1.165, 1.54) is 5.56 Å². The number of hydrogen-bond donors (Lipinski definition) is 0. The molecule has 6 nitrogen and oxygen atoms in total. The van der Waals surface area contributed by atoms with Crippen molar-refractivity contribution in [1.82, 2.24) is 19.1 Å². The lowest BCUT2D eigenvalue weighted by Crippen LogP contribution is -2.38. The molecule has 3 heterocycles. The molecule has 2 aliphatic heterocycles. The molecule has 2 aromatic carbocycles. The van der Waals surface area contributed by atoms with Crippen LogP contribution in [-0.4, -0.2) is 40.6 Å². The fourth-order valence-corrected chi connectivity index (χ4v) is 6.12. The van der Waals surface area contributed by atoms with E-state index in [-0.39, 0.29) is 5.92 Å². The van der Waals surface area contributed by atoms with E-state index < -0.39 is 10.0 Å². The summed E-state index contributed by atoms with van der Waals surface area (Å²) >= 11 is 6.18. The number of nitrogens with zero attached hydrogens (tertiary/aromatic N) is 4. The van der Waals surface area contributed by atoms with Gasteiger partial charge in [0.2, 0.25) is 10.0 Å². The van der Waals surface area contributed by atoms with Crippen LogP contribution < -0.4 is 0 Å². The zero-order chi connectivity index (χ0) is 20.9. The Labute approximate surface area is 181 Å². The number of hydrogen-bond acceptors (Lipinski definition) is 4. The van der Waals surface area contributed by atoms with Crippen LogP contribution in [0, 0.1) is 6.92 Å². The average molecular weight is 443 g/mol. The Morgan fingerprint density at radius 3 is 2.47 bits per heavy atom. The Bertz CT molecular complexity index is 1200. The predicted octanol–water partition coefficient (Wildman–Crippen LogP) is 3.90. The third-order valence-corrected chi connectivity index (χ3v) is 8.28. The van der Waals surface area contributed by atoms with Gasteiger partial charge in [0.25, 0.3) is 0 Å². The first kappa shape index (κ1) is 19.7. The number of halogens is 1. The van der Waals surface area contributed by atoms with Gasteiger partial charge in [0.15, 0.2) is 0 Å². The van der Waals surface area contributed by atoms with E-state index in [1.54, 1.807) is 16.4 Å². The standard InChI is InChI=1S/C22H23ClN4O2S/c1-15-2-6-19(7-3-15)30(28,29)26-12-10-16(11-13-26)22-25-24-21-9-4-17-14-18(23)5-8-20(17)27(21)22/h2-3,5-8,14,16H,4,9-13H2,1H3. The van der Waals surface area contributed by atoms with Crippen LogP contribution in [0.3, 0.4) is 0 Å². The van der Waals surface area contributed by atoms with Gasteiger partial charge in [-0.3, -0.25) is 4.57 Å². The molecule has 0 N–H and O–H groups in total. The zero-order valence-corrected chi connectivity index (χ0v) is 18.3. The highest BCUT2D eigenvalue weighted by Crippen LogP contribution is 2.34. The van der Waals surface area contributed by atoms with Crippen molar-refractivity contribution >= 4 is 21.6 Å². The van der Waals surface area contributed by atoms with Gasteiger partial charge >= 0.3 is 0 Å². The smallest absolute Gasteiger partial charge is 0.243 e. The minimum absolute atomic E-state index is 0.178. The average Bonchev–Trinajstić information content (AvgIpc) is 3.18. The number of benzene rings is 2. The highest BCUT2D eigenvalue weighted by Gasteiger charge is 2.33. The van der Waals surface area contributed by atoms with Crippen LogP contribution in [0.25, 0.3) is 5.69 Å². The van der Waals surface area contributed by atoms with Gasteiger partial charge in [-0.25, -0.2) is 8.42 Å². The van der Waals surface area contributed by atoms with Gasteiger partial charge in [0.1, 0.15) is 11.6 Å². The lowest BCUT2D eigenvalue weighted by atomic mass is 9.96. The lowest BCUT2D eigenvalue weighted by molar-refractivity contribution is 0.311. The summed E-state index contributed by atoms with van der Waals surface area (Å²) in [5, 5.41) is 9.67. The molecule has 0 amide bonds. The van der Waals surface area contributed by atoms with Crippen molar-refractivity contribution in [2.45, 2.75) is 43.4 Å². The van der Waals surface area contributed by atoms with Gasteiger partial charge in [-0.05, 0) is 62.1 Å². The first-order valence-electron chi connectivity index (χ1n) is 10.2. The van der Waals surface area contributed by atoms with Crippen molar-refractivity contribution in [2.75, 3.05) is 13.1 Å². The summed E-state index contributed by atoms with van der Waals surface area (Å²) in [5.74, 6) is 2.08. The van der Waals surface area contributed by atoms with Crippen LogP contribution in [0.2, 0.25) is 5.02 Å². The normalized spacial score (nSPS) is 17.5. The monoisotopic (exact) mass is 442 g/mol. The Balaban J connectivity index is 1.38. The third-order valence-electron chi connectivity index (χ3n) is 6.13. The molecule has 156 valence electrons. The molecule has 1 saturated heterocycles. The Hall–Kier alpha value is -2.22. The quantitative estimate of drug-likeness (QED) is 0.617. The second-order valence-electron chi connectivity index (χ2n) is 8.07. The molecule has 1 fully saturated rings. The summed E-state index contributed by atoms with van der Waals surface area (Å²) in [4.78, 5) is 0.359. The van der Waals surface area contributed by atoms with Gasteiger partial charge in [-0.1, -0.05) is 29.3 Å². The molecule has 3 aromatic rings.